The van der Waals surface area contributed by atoms with E-state index >= 15 is 0 Å². The molecule has 2 aromatic rings. The summed E-state index contributed by atoms with van der Waals surface area (Å²) < 4.78 is 21.0. The molecular weight excluding hydrogens is 328 g/mol. The largest absolute Gasteiger partial charge is 0.493 e. The molecular formula is C17H20N2O6. The summed E-state index contributed by atoms with van der Waals surface area (Å²) in [6, 6.07) is 8.26. The summed E-state index contributed by atoms with van der Waals surface area (Å²) in [6.07, 6.45) is 0. The highest BCUT2D eigenvalue weighted by Crippen LogP contribution is 2.42. The fraction of sp³-hybridized carbons (Fsp3) is 0.294. The number of hydrogen-bond donors (Lipinski definition) is 0. The molecule has 8 heteroatoms. The minimum absolute atomic E-state index is 0.112. The minimum Gasteiger partial charge on any atom is -0.493 e. The minimum atomic E-state index is -0.481. The van der Waals surface area contributed by atoms with Crippen molar-refractivity contribution in [3.63, 3.8) is 0 Å². The van der Waals surface area contributed by atoms with Crippen molar-refractivity contribution >= 4 is 17.1 Å². The molecule has 0 saturated heterocycles. The molecule has 0 unspecified atom stereocenters. The Bertz CT molecular complexity index is 753. The number of anilines is 2. The lowest BCUT2D eigenvalue weighted by Crippen LogP contribution is -2.11. The van der Waals surface area contributed by atoms with Gasteiger partial charge in [0.2, 0.25) is 5.75 Å². The van der Waals surface area contributed by atoms with E-state index in [1.807, 2.05) is 0 Å². The van der Waals surface area contributed by atoms with Crippen LogP contribution < -0.4 is 23.8 Å². The van der Waals surface area contributed by atoms with Gasteiger partial charge in [-0.2, -0.15) is 0 Å². The highest BCUT2D eigenvalue weighted by molar-refractivity contribution is 5.72. The van der Waals surface area contributed by atoms with E-state index in [1.165, 1.54) is 34.5 Å². The van der Waals surface area contributed by atoms with Crippen molar-refractivity contribution < 1.29 is 23.9 Å². The molecule has 0 aromatic heterocycles. The standard InChI is InChI=1S/C17H20N2O6/c1-18(11-6-7-14(22-2)13(8-11)19(20)21)12-9-15(23-3)17(25-5)16(10-12)24-4/h6-10H,1-5H3. The van der Waals surface area contributed by atoms with E-state index in [0.29, 0.717) is 28.6 Å². The van der Waals surface area contributed by atoms with Gasteiger partial charge in [-0.3, -0.25) is 10.1 Å². The maximum absolute atomic E-state index is 11.2. The van der Waals surface area contributed by atoms with Crippen LogP contribution in [0.3, 0.4) is 0 Å². The normalized spacial score (nSPS) is 10.1. The molecule has 0 aliphatic carbocycles. The zero-order chi connectivity index (χ0) is 18.6. The lowest BCUT2D eigenvalue weighted by Gasteiger charge is -2.22. The molecule has 0 fully saturated rings. The molecule has 25 heavy (non-hydrogen) atoms. The molecule has 0 saturated carbocycles. The van der Waals surface area contributed by atoms with Crippen LogP contribution in [0.2, 0.25) is 0 Å². The Labute approximate surface area is 145 Å². The first-order valence-electron chi connectivity index (χ1n) is 7.33. The molecule has 2 rings (SSSR count). The predicted molar refractivity (Wildman–Crippen MR) is 93.8 cm³/mol. The van der Waals surface area contributed by atoms with E-state index in [2.05, 4.69) is 0 Å². The second kappa shape index (κ2) is 7.61. The number of nitro groups is 1. The molecule has 0 N–H and O–H groups in total. The van der Waals surface area contributed by atoms with Gasteiger partial charge in [0.25, 0.3) is 0 Å². The molecule has 134 valence electrons. The monoisotopic (exact) mass is 348 g/mol. The summed E-state index contributed by atoms with van der Waals surface area (Å²) in [4.78, 5) is 12.5. The van der Waals surface area contributed by atoms with E-state index < -0.39 is 4.92 Å². The lowest BCUT2D eigenvalue weighted by molar-refractivity contribution is -0.385. The molecule has 0 aliphatic heterocycles. The fourth-order valence-corrected chi connectivity index (χ4v) is 2.44. The van der Waals surface area contributed by atoms with Crippen LogP contribution in [0, 0.1) is 10.1 Å². The van der Waals surface area contributed by atoms with Gasteiger partial charge >= 0.3 is 5.69 Å². The topological polar surface area (TPSA) is 83.3 Å². The van der Waals surface area contributed by atoms with Crippen molar-refractivity contribution in [2.75, 3.05) is 40.4 Å². The van der Waals surface area contributed by atoms with Gasteiger partial charge in [0.1, 0.15) is 0 Å². The third-order valence-corrected chi connectivity index (χ3v) is 3.78. The van der Waals surface area contributed by atoms with Crippen molar-refractivity contribution in [3.05, 3.63) is 40.4 Å². The van der Waals surface area contributed by atoms with E-state index in [-0.39, 0.29) is 11.4 Å². The van der Waals surface area contributed by atoms with E-state index in [1.54, 1.807) is 36.2 Å². The highest BCUT2D eigenvalue weighted by atomic mass is 16.6. The summed E-state index contributed by atoms with van der Waals surface area (Å²) in [5, 5.41) is 11.2. The molecule has 2 aromatic carbocycles. The van der Waals surface area contributed by atoms with Gasteiger partial charge in [-0.15, -0.1) is 0 Å². The van der Waals surface area contributed by atoms with Gasteiger partial charge < -0.3 is 23.8 Å². The molecule has 0 atom stereocenters. The first-order chi connectivity index (χ1) is 12.0. The maximum atomic E-state index is 11.2. The van der Waals surface area contributed by atoms with Crippen molar-refractivity contribution in [2.24, 2.45) is 0 Å². The van der Waals surface area contributed by atoms with Crippen molar-refractivity contribution in [3.8, 4) is 23.0 Å². The van der Waals surface area contributed by atoms with Crippen molar-refractivity contribution in [2.45, 2.75) is 0 Å². The van der Waals surface area contributed by atoms with Gasteiger partial charge in [0, 0.05) is 36.6 Å². The van der Waals surface area contributed by atoms with Crippen LogP contribution in [0.1, 0.15) is 0 Å². The number of nitrogens with zero attached hydrogens (tertiary/aromatic N) is 2. The van der Waals surface area contributed by atoms with Crippen LogP contribution in [0.25, 0.3) is 0 Å². The summed E-state index contributed by atoms with van der Waals surface area (Å²) >= 11 is 0. The second-order valence-corrected chi connectivity index (χ2v) is 5.06. The van der Waals surface area contributed by atoms with Crippen molar-refractivity contribution in [1.82, 2.24) is 0 Å². The number of rotatable bonds is 7. The van der Waals surface area contributed by atoms with Crippen LogP contribution >= 0.6 is 0 Å². The van der Waals surface area contributed by atoms with Crippen LogP contribution in [0.4, 0.5) is 17.1 Å². The quantitative estimate of drug-likeness (QED) is 0.560. The summed E-state index contributed by atoms with van der Waals surface area (Å²) in [7, 11) is 7.76. The van der Waals surface area contributed by atoms with Crippen LogP contribution in [-0.2, 0) is 0 Å². The van der Waals surface area contributed by atoms with Crippen LogP contribution in [-0.4, -0.2) is 40.4 Å². The smallest absolute Gasteiger partial charge is 0.312 e. The molecule has 0 heterocycles. The van der Waals surface area contributed by atoms with Crippen LogP contribution in [0.5, 0.6) is 23.0 Å². The van der Waals surface area contributed by atoms with Crippen molar-refractivity contribution in [1.29, 1.82) is 0 Å². The average molecular weight is 348 g/mol. The third-order valence-electron chi connectivity index (χ3n) is 3.78. The molecule has 0 amide bonds. The Balaban J connectivity index is 2.52. The SMILES string of the molecule is COc1ccc(N(C)c2cc(OC)c(OC)c(OC)c2)cc1[N+](=O)[O-]. The number of hydrogen-bond acceptors (Lipinski definition) is 7. The average Bonchev–Trinajstić information content (AvgIpc) is 2.65. The number of benzene rings is 2. The second-order valence-electron chi connectivity index (χ2n) is 5.06. The Morgan fingerprint density at radius 1 is 0.840 bits per heavy atom. The van der Waals surface area contributed by atoms with Crippen LogP contribution in [0.15, 0.2) is 30.3 Å². The maximum Gasteiger partial charge on any atom is 0.312 e. The van der Waals surface area contributed by atoms with Gasteiger partial charge in [0.05, 0.1) is 33.4 Å². The first-order valence-corrected chi connectivity index (χ1v) is 7.33. The van der Waals surface area contributed by atoms with E-state index in [4.69, 9.17) is 18.9 Å². The highest BCUT2D eigenvalue weighted by Gasteiger charge is 2.19. The number of ether oxygens (including phenoxy) is 4. The molecule has 0 aliphatic rings. The summed E-state index contributed by atoms with van der Waals surface area (Å²) in [5.41, 5.74) is 1.22. The number of methoxy groups -OCH3 is 4. The lowest BCUT2D eigenvalue weighted by atomic mass is 10.2. The predicted octanol–water partition coefficient (Wildman–Crippen LogP) is 3.40. The molecule has 0 radical (unpaired) electrons. The first kappa shape index (κ1) is 18.2. The fourth-order valence-electron chi connectivity index (χ4n) is 2.44. The van der Waals surface area contributed by atoms with E-state index in [9.17, 15) is 10.1 Å². The summed E-state index contributed by atoms with van der Waals surface area (Å²) in [6.45, 7) is 0. The van der Waals surface area contributed by atoms with Gasteiger partial charge in [-0.25, -0.2) is 0 Å². The van der Waals surface area contributed by atoms with Gasteiger partial charge in [-0.05, 0) is 12.1 Å². The van der Waals surface area contributed by atoms with E-state index in [0.717, 1.165) is 0 Å². The Hall–Kier alpha value is -3.16. The third kappa shape index (κ3) is 3.52. The zero-order valence-corrected chi connectivity index (χ0v) is 14.7. The molecule has 8 nitrogen and oxygen atoms in total. The van der Waals surface area contributed by atoms with Gasteiger partial charge in [-0.1, -0.05) is 0 Å². The number of nitro benzene ring substituents is 1. The van der Waals surface area contributed by atoms with Gasteiger partial charge in [0.15, 0.2) is 17.2 Å². The molecule has 0 bridgehead atoms. The Kier molecular flexibility index (Phi) is 5.53. The zero-order valence-electron chi connectivity index (χ0n) is 14.7. The summed E-state index contributed by atoms with van der Waals surface area (Å²) in [5.74, 6) is 1.66. The Morgan fingerprint density at radius 3 is 1.84 bits per heavy atom. The Morgan fingerprint density at radius 2 is 1.40 bits per heavy atom. The molecule has 0 spiro atoms.